The molecule has 4 nitrogen and oxygen atoms in total. The van der Waals surface area contributed by atoms with Gasteiger partial charge in [0.05, 0.1) is 12.0 Å². The van der Waals surface area contributed by atoms with E-state index in [2.05, 4.69) is 5.32 Å². The summed E-state index contributed by atoms with van der Waals surface area (Å²) < 4.78 is 1.41. The smallest absolute Gasteiger partial charge is 0.241 e. The van der Waals surface area contributed by atoms with E-state index in [4.69, 9.17) is 11.8 Å². The highest BCUT2D eigenvalue weighted by molar-refractivity contribution is 6.21. The number of piperidine rings is 1. The van der Waals surface area contributed by atoms with E-state index in [-0.39, 0.29) is 24.0 Å². The molecule has 2 rings (SSSR count). The van der Waals surface area contributed by atoms with Crippen LogP contribution in [0.3, 0.4) is 0 Å². The Kier molecular flexibility index (Phi) is 4.65. The number of aliphatic hydroxyl groups is 1. The molecule has 1 aliphatic carbocycles. The van der Waals surface area contributed by atoms with Gasteiger partial charge in [0.1, 0.15) is 0 Å². The van der Waals surface area contributed by atoms with E-state index in [9.17, 15) is 9.90 Å². The first kappa shape index (κ1) is 13.1. The van der Waals surface area contributed by atoms with Crippen molar-refractivity contribution in [2.75, 3.05) is 13.1 Å². The number of nitrogens with one attached hydrogen (secondary N) is 1. The van der Waals surface area contributed by atoms with Crippen molar-refractivity contribution in [3.63, 3.8) is 0 Å². The predicted octanol–water partition coefficient (Wildman–Crippen LogP) is 1.27. The first-order valence-electron chi connectivity index (χ1n) is 6.56. The van der Waals surface area contributed by atoms with Crippen molar-refractivity contribution in [1.29, 1.82) is 0 Å². The minimum atomic E-state index is -0.206. The third-order valence-corrected chi connectivity index (χ3v) is 4.29. The molecule has 1 heterocycles. The highest BCUT2D eigenvalue weighted by Crippen LogP contribution is 2.26. The van der Waals surface area contributed by atoms with Gasteiger partial charge in [-0.1, -0.05) is 0 Å². The number of aliphatic hydroxyl groups excluding tert-OH is 1. The van der Waals surface area contributed by atoms with Crippen LogP contribution in [0.2, 0.25) is 0 Å². The molecule has 2 aliphatic rings. The number of carbonyl (C=O) groups excluding carboxylic acids is 1. The summed E-state index contributed by atoms with van der Waals surface area (Å²) in [6, 6.07) is 0.106. The van der Waals surface area contributed by atoms with E-state index in [1.54, 1.807) is 0 Å². The van der Waals surface area contributed by atoms with Gasteiger partial charge in [-0.05, 0) is 45.1 Å². The van der Waals surface area contributed by atoms with Gasteiger partial charge in [0.25, 0.3) is 0 Å². The third-order valence-electron chi connectivity index (χ3n) is 3.84. The van der Waals surface area contributed by atoms with E-state index in [0.717, 1.165) is 51.6 Å². The van der Waals surface area contributed by atoms with Crippen LogP contribution in [0.5, 0.6) is 0 Å². The van der Waals surface area contributed by atoms with Crippen molar-refractivity contribution in [3.05, 3.63) is 0 Å². The Labute approximate surface area is 107 Å². The highest BCUT2D eigenvalue weighted by atomic mass is 35.5. The van der Waals surface area contributed by atoms with Gasteiger partial charge < -0.3 is 10.4 Å². The Bertz CT molecular complexity index is 261. The van der Waals surface area contributed by atoms with Crippen LogP contribution < -0.4 is 5.32 Å². The van der Waals surface area contributed by atoms with E-state index in [0.29, 0.717) is 0 Å². The van der Waals surface area contributed by atoms with Crippen molar-refractivity contribution in [3.8, 4) is 0 Å². The molecular weight excluding hydrogens is 240 g/mol. The van der Waals surface area contributed by atoms with Crippen LogP contribution in [0.1, 0.15) is 38.5 Å². The van der Waals surface area contributed by atoms with Gasteiger partial charge in [0, 0.05) is 24.4 Å². The van der Waals surface area contributed by atoms with Crippen LogP contribution in [0, 0.1) is 5.92 Å². The van der Waals surface area contributed by atoms with Crippen molar-refractivity contribution in [1.82, 2.24) is 9.74 Å². The van der Waals surface area contributed by atoms with Gasteiger partial charge in [-0.2, -0.15) is 0 Å². The summed E-state index contributed by atoms with van der Waals surface area (Å²) in [6.07, 6.45) is 4.92. The second-order valence-corrected chi connectivity index (χ2v) is 5.52. The van der Waals surface area contributed by atoms with Gasteiger partial charge in [-0.15, -0.1) is 0 Å². The second kappa shape index (κ2) is 6.03. The fourth-order valence-electron chi connectivity index (χ4n) is 2.70. The molecule has 0 aromatic heterocycles. The van der Waals surface area contributed by atoms with Crippen molar-refractivity contribution in [2.24, 2.45) is 5.92 Å². The number of amides is 1. The number of carbonyl (C=O) groups is 1. The van der Waals surface area contributed by atoms with Crippen LogP contribution >= 0.6 is 11.8 Å². The first-order valence-corrected chi connectivity index (χ1v) is 6.90. The lowest BCUT2D eigenvalue weighted by Gasteiger charge is -2.33. The molecule has 1 saturated carbocycles. The lowest BCUT2D eigenvalue weighted by Crippen LogP contribution is -2.44. The van der Waals surface area contributed by atoms with Crippen molar-refractivity contribution >= 4 is 17.7 Å². The molecule has 2 fully saturated rings. The molecular formula is C12H21ClN2O2. The molecule has 1 saturated heterocycles. The molecule has 0 bridgehead atoms. The van der Waals surface area contributed by atoms with Crippen molar-refractivity contribution in [2.45, 2.75) is 50.7 Å². The molecule has 0 radical (unpaired) electrons. The number of halogens is 1. The van der Waals surface area contributed by atoms with Gasteiger partial charge >= 0.3 is 0 Å². The lowest BCUT2D eigenvalue weighted by molar-refractivity contribution is -0.133. The zero-order chi connectivity index (χ0) is 12.3. The lowest BCUT2D eigenvalue weighted by atomic mass is 9.91. The number of hydrogen-bond acceptors (Lipinski definition) is 3. The summed E-state index contributed by atoms with van der Waals surface area (Å²) in [6.45, 7) is 1.75. The number of rotatable bonds is 2. The zero-order valence-corrected chi connectivity index (χ0v) is 10.8. The summed E-state index contributed by atoms with van der Waals surface area (Å²) in [5.74, 6) is 0.0911. The quantitative estimate of drug-likeness (QED) is 0.736. The summed E-state index contributed by atoms with van der Waals surface area (Å²) in [5.41, 5.74) is 0. The number of nitrogens with zero attached hydrogens (tertiary/aromatic N) is 1. The minimum Gasteiger partial charge on any atom is -0.393 e. The predicted molar refractivity (Wildman–Crippen MR) is 66.6 cm³/mol. The molecule has 5 heteroatoms. The molecule has 1 amide bonds. The Balaban J connectivity index is 1.85. The molecule has 1 aliphatic heterocycles. The standard InChI is InChI=1S/C12H21ClN2O2/c13-15(10-3-5-11(16)6-4-10)12(17)9-2-1-7-14-8-9/h9-11,14,16H,1-8H2/t9-,10?,11?/m0/s1. The maximum Gasteiger partial charge on any atom is 0.241 e. The maximum atomic E-state index is 12.2. The molecule has 1 atom stereocenters. The Hall–Kier alpha value is -0.320. The van der Waals surface area contributed by atoms with E-state index in [1.807, 2.05) is 0 Å². The van der Waals surface area contributed by atoms with Crippen LogP contribution in [-0.4, -0.2) is 40.7 Å². The highest BCUT2D eigenvalue weighted by Gasteiger charge is 2.31. The fourth-order valence-corrected chi connectivity index (χ4v) is 3.04. The molecule has 0 aromatic carbocycles. The van der Waals surface area contributed by atoms with Crippen LogP contribution in [0.15, 0.2) is 0 Å². The maximum absolute atomic E-state index is 12.2. The van der Waals surface area contributed by atoms with E-state index >= 15 is 0 Å². The van der Waals surface area contributed by atoms with Gasteiger partial charge in [0.15, 0.2) is 0 Å². The molecule has 0 aromatic rings. The fraction of sp³-hybridized carbons (Fsp3) is 0.917. The molecule has 98 valence electrons. The van der Waals surface area contributed by atoms with E-state index < -0.39 is 0 Å². The molecule has 17 heavy (non-hydrogen) atoms. The average molecular weight is 261 g/mol. The summed E-state index contributed by atoms with van der Waals surface area (Å²) in [4.78, 5) is 12.2. The number of hydrogen-bond donors (Lipinski definition) is 2. The SMILES string of the molecule is O=C([C@H]1CCCNC1)N(Cl)C1CCC(O)CC1. The van der Waals surface area contributed by atoms with Crippen molar-refractivity contribution < 1.29 is 9.90 Å². The monoisotopic (exact) mass is 260 g/mol. The Morgan fingerprint density at radius 1 is 1.24 bits per heavy atom. The Morgan fingerprint density at radius 2 is 1.94 bits per heavy atom. The van der Waals surface area contributed by atoms with E-state index in [1.165, 1.54) is 4.42 Å². The molecule has 2 N–H and O–H groups in total. The first-order chi connectivity index (χ1) is 8.18. The topological polar surface area (TPSA) is 52.6 Å². The molecule has 0 unspecified atom stereocenters. The van der Waals surface area contributed by atoms with Crippen LogP contribution in [0.4, 0.5) is 0 Å². The third kappa shape index (κ3) is 3.33. The Morgan fingerprint density at radius 3 is 2.53 bits per heavy atom. The average Bonchev–Trinajstić information content (AvgIpc) is 2.39. The second-order valence-electron chi connectivity index (χ2n) is 5.16. The van der Waals surface area contributed by atoms with Crippen LogP contribution in [-0.2, 0) is 4.79 Å². The van der Waals surface area contributed by atoms with Gasteiger partial charge in [-0.25, -0.2) is 0 Å². The summed E-state index contributed by atoms with van der Waals surface area (Å²) >= 11 is 6.17. The largest absolute Gasteiger partial charge is 0.393 e. The normalized spacial score (nSPS) is 34.4. The summed E-state index contributed by atoms with van der Waals surface area (Å²) in [5, 5.41) is 12.7. The van der Waals surface area contributed by atoms with Gasteiger partial charge in [0.2, 0.25) is 5.91 Å². The minimum absolute atomic E-state index is 0.0353. The zero-order valence-electron chi connectivity index (χ0n) is 10.1. The molecule has 0 spiro atoms. The summed E-state index contributed by atoms with van der Waals surface area (Å²) in [7, 11) is 0. The van der Waals surface area contributed by atoms with Gasteiger partial charge in [-0.3, -0.25) is 9.21 Å². The van der Waals surface area contributed by atoms with Crippen LogP contribution in [0.25, 0.3) is 0 Å².